The first kappa shape index (κ1) is 26.5. The highest BCUT2D eigenvalue weighted by atomic mass is 16.2. The molecule has 0 aromatic heterocycles. The van der Waals surface area contributed by atoms with E-state index in [9.17, 15) is 4.79 Å². The Hall–Kier alpha value is -0.530. The van der Waals surface area contributed by atoms with E-state index in [4.69, 9.17) is 0 Å². The molecule has 1 amide bonds. The predicted molar refractivity (Wildman–Crippen MR) is 128 cm³/mol. The van der Waals surface area contributed by atoms with Gasteiger partial charge in [0.25, 0.3) is 0 Å². The van der Waals surface area contributed by atoms with Gasteiger partial charge in [-0.1, -0.05) is 142 Å². The monoisotopic (exact) mass is 407 g/mol. The van der Waals surface area contributed by atoms with Crippen LogP contribution < -0.4 is 0 Å². The molecule has 0 bridgehead atoms. The van der Waals surface area contributed by atoms with Gasteiger partial charge in [0, 0.05) is 19.5 Å². The van der Waals surface area contributed by atoms with Crippen LogP contribution in [0.1, 0.15) is 155 Å². The van der Waals surface area contributed by atoms with Gasteiger partial charge in [-0.2, -0.15) is 0 Å². The molecule has 0 aromatic rings. The number of carbonyl (C=O) groups excluding carboxylic acids is 1. The molecule has 29 heavy (non-hydrogen) atoms. The van der Waals surface area contributed by atoms with Gasteiger partial charge in [0.1, 0.15) is 0 Å². The Morgan fingerprint density at radius 3 is 1.07 bits per heavy atom. The zero-order valence-corrected chi connectivity index (χ0v) is 20.0. The number of carbonyl (C=O) groups is 1. The number of hydrogen-bond donors (Lipinski definition) is 0. The van der Waals surface area contributed by atoms with E-state index in [2.05, 4.69) is 6.92 Å². The summed E-state index contributed by atoms with van der Waals surface area (Å²) in [5.74, 6) is 0.369. The average molecular weight is 408 g/mol. The topological polar surface area (TPSA) is 20.3 Å². The normalized spacial score (nSPS) is 13.8. The molecule has 0 saturated carbocycles. The number of likely N-dealkylation sites (tertiary alicyclic amines) is 1. The Kier molecular flexibility index (Phi) is 18.9. The maximum atomic E-state index is 11.2. The summed E-state index contributed by atoms with van der Waals surface area (Å²) in [7, 11) is 0. The predicted octanol–water partition coefficient (Wildman–Crippen LogP) is 8.82. The molecular weight excluding hydrogens is 354 g/mol. The van der Waals surface area contributed by atoms with Crippen LogP contribution in [0.15, 0.2) is 0 Å². The lowest BCUT2D eigenvalue weighted by Crippen LogP contribution is -2.43. The molecule has 2 nitrogen and oxygen atoms in total. The molecule has 172 valence electrons. The van der Waals surface area contributed by atoms with Crippen LogP contribution in [0.3, 0.4) is 0 Å². The summed E-state index contributed by atoms with van der Waals surface area (Å²) in [6.07, 6.45) is 32.3. The van der Waals surface area contributed by atoms with Crippen molar-refractivity contribution in [2.75, 3.05) is 13.1 Å². The van der Waals surface area contributed by atoms with Gasteiger partial charge in [-0.05, 0) is 6.42 Å². The molecule has 1 rings (SSSR count). The maximum absolute atomic E-state index is 11.2. The minimum atomic E-state index is 0.369. The van der Waals surface area contributed by atoms with E-state index >= 15 is 0 Å². The first-order valence-corrected chi connectivity index (χ1v) is 13.6. The van der Waals surface area contributed by atoms with Crippen molar-refractivity contribution in [3.63, 3.8) is 0 Å². The molecule has 1 aliphatic heterocycles. The summed E-state index contributed by atoms with van der Waals surface area (Å²) in [6.45, 7) is 4.32. The zero-order valence-electron chi connectivity index (χ0n) is 20.0. The van der Waals surface area contributed by atoms with Crippen LogP contribution in [0, 0.1) is 0 Å². The minimum absolute atomic E-state index is 0.369. The highest BCUT2D eigenvalue weighted by Gasteiger charge is 2.22. The lowest BCUT2D eigenvalue weighted by molar-refractivity contribution is -0.139. The fraction of sp³-hybridized carbons (Fsp3) is 0.963. The van der Waals surface area contributed by atoms with Gasteiger partial charge in [-0.15, -0.1) is 0 Å². The first-order chi connectivity index (χ1) is 14.3. The first-order valence-electron chi connectivity index (χ1n) is 13.6. The Morgan fingerprint density at radius 2 is 0.828 bits per heavy atom. The van der Waals surface area contributed by atoms with Crippen LogP contribution in [0.4, 0.5) is 0 Å². The van der Waals surface area contributed by atoms with Crippen molar-refractivity contribution in [3.8, 4) is 0 Å². The van der Waals surface area contributed by atoms with Crippen molar-refractivity contribution in [2.45, 2.75) is 155 Å². The standard InChI is InChI=1S/C27H53NO/c1-2-3-4-5-6-7-8-9-10-11-12-13-14-15-16-17-18-19-20-21-22-23-25-28-26-24-27(28)29/h2-26H2,1H3. The molecular formula is C27H53NO. The van der Waals surface area contributed by atoms with E-state index in [1.165, 1.54) is 141 Å². The van der Waals surface area contributed by atoms with Crippen LogP contribution in [0.25, 0.3) is 0 Å². The molecule has 0 aliphatic carbocycles. The third-order valence-corrected chi connectivity index (χ3v) is 6.73. The SMILES string of the molecule is CCCCCCCCCCCCCCCCCCCCCCCCN1CCC1=O. The van der Waals surface area contributed by atoms with E-state index in [-0.39, 0.29) is 0 Å². The molecule has 1 fully saturated rings. The maximum Gasteiger partial charge on any atom is 0.224 e. The molecule has 0 atom stereocenters. The fourth-order valence-electron chi connectivity index (χ4n) is 4.51. The summed E-state index contributed by atoms with van der Waals surface area (Å²) in [4.78, 5) is 13.2. The van der Waals surface area contributed by atoms with Crippen molar-refractivity contribution in [3.05, 3.63) is 0 Å². The van der Waals surface area contributed by atoms with Crippen LogP contribution >= 0.6 is 0 Å². The molecule has 1 aliphatic rings. The van der Waals surface area contributed by atoms with E-state index in [0.717, 1.165) is 19.5 Å². The van der Waals surface area contributed by atoms with Crippen LogP contribution in [0.5, 0.6) is 0 Å². The number of unbranched alkanes of at least 4 members (excludes halogenated alkanes) is 21. The second-order valence-electron chi connectivity index (χ2n) is 9.56. The number of amides is 1. The number of β-lactam (4-membered cyclic amide) rings is 1. The molecule has 1 heterocycles. The van der Waals surface area contributed by atoms with Gasteiger partial charge in [-0.25, -0.2) is 0 Å². The van der Waals surface area contributed by atoms with Crippen molar-refractivity contribution in [1.82, 2.24) is 4.90 Å². The van der Waals surface area contributed by atoms with Crippen LogP contribution in [0.2, 0.25) is 0 Å². The van der Waals surface area contributed by atoms with Gasteiger partial charge < -0.3 is 4.90 Å². The zero-order chi connectivity index (χ0) is 20.8. The Morgan fingerprint density at radius 1 is 0.517 bits per heavy atom. The van der Waals surface area contributed by atoms with E-state index < -0.39 is 0 Å². The third-order valence-electron chi connectivity index (χ3n) is 6.73. The third kappa shape index (κ3) is 16.9. The van der Waals surface area contributed by atoms with Crippen molar-refractivity contribution in [2.24, 2.45) is 0 Å². The van der Waals surface area contributed by atoms with Crippen molar-refractivity contribution >= 4 is 5.91 Å². The summed E-state index contributed by atoms with van der Waals surface area (Å²) >= 11 is 0. The molecule has 0 radical (unpaired) electrons. The van der Waals surface area contributed by atoms with Crippen molar-refractivity contribution in [1.29, 1.82) is 0 Å². The van der Waals surface area contributed by atoms with Gasteiger partial charge in [0.2, 0.25) is 5.91 Å². The highest BCUT2D eigenvalue weighted by Crippen LogP contribution is 2.16. The fourth-order valence-corrected chi connectivity index (χ4v) is 4.51. The smallest absolute Gasteiger partial charge is 0.224 e. The Labute approximate surface area is 183 Å². The lowest BCUT2D eigenvalue weighted by atomic mass is 10.0. The van der Waals surface area contributed by atoms with Gasteiger partial charge in [0.05, 0.1) is 0 Å². The Bertz CT molecular complexity index is 354. The van der Waals surface area contributed by atoms with Gasteiger partial charge >= 0.3 is 0 Å². The van der Waals surface area contributed by atoms with E-state index in [1.807, 2.05) is 4.90 Å². The summed E-state index contributed by atoms with van der Waals surface area (Å²) in [5.41, 5.74) is 0. The number of nitrogens with zero attached hydrogens (tertiary/aromatic N) is 1. The molecule has 0 N–H and O–H groups in total. The summed E-state index contributed by atoms with van der Waals surface area (Å²) in [6, 6.07) is 0. The molecule has 2 heteroatoms. The van der Waals surface area contributed by atoms with Gasteiger partial charge in [-0.3, -0.25) is 4.79 Å². The van der Waals surface area contributed by atoms with Gasteiger partial charge in [0.15, 0.2) is 0 Å². The summed E-state index contributed by atoms with van der Waals surface area (Å²) in [5, 5.41) is 0. The average Bonchev–Trinajstić information content (AvgIpc) is 2.73. The molecule has 0 aromatic carbocycles. The molecule has 1 saturated heterocycles. The van der Waals surface area contributed by atoms with E-state index in [1.54, 1.807) is 0 Å². The second-order valence-corrected chi connectivity index (χ2v) is 9.56. The molecule has 0 spiro atoms. The molecule has 0 unspecified atom stereocenters. The minimum Gasteiger partial charge on any atom is -0.342 e. The highest BCUT2D eigenvalue weighted by molar-refractivity contribution is 5.81. The largest absolute Gasteiger partial charge is 0.342 e. The quantitative estimate of drug-likeness (QED) is 0.122. The van der Waals surface area contributed by atoms with E-state index in [0.29, 0.717) is 5.91 Å². The lowest BCUT2D eigenvalue weighted by Gasteiger charge is -2.30. The van der Waals surface area contributed by atoms with Crippen molar-refractivity contribution < 1.29 is 4.79 Å². The van der Waals surface area contributed by atoms with Crippen LogP contribution in [-0.4, -0.2) is 23.9 Å². The van der Waals surface area contributed by atoms with Crippen LogP contribution in [-0.2, 0) is 4.79 Å². The summed E-state index contributed by atoms with van der Waals surface area (Å²) < 4.78 is 0. The number of hydrogen-bond acceptors (Lipinski definition) is 1. The number of rotatable bonds is 23. The Balaban J connectivity index is 1.62. The second kappa shape index (κ2) is 20.7.